The van der Waals surface area contributed by atoms with Gasteiger partial charge in [0, 0.05) is 17.9 Å². The molecule has 0 aromatic rings. The molecule has 138 valence electrons. The highest BCUT2D eigenvalue weighted by Gasteiger charge is 2.45. The molecule has 3 heteroatoms. The van der Waals surface area contributed by atoms with Crippen molar-refractivity contribution in [1.29, 1.82) is 0 Å². The summed E-state index contributed by atoms with van der Waals surface area (Å²) in [5.74, 6) is 1.58. The lowest BCUT2D eigenvalue weighted by Gasteiger charge is -2.48. The third-order valence-electron chi connectivity index (χ3n) is 6.06. The Morgan fingerprint density at radius 2 is 2.04 bits per heavy atom. The van der Waals surface area contributed by atoms with Gasteiger partial charge in [0.15, 0.2) is 0 Å². The van der Waals surface area contributed by atoms with Crippen molar-refractivity contribution in [2.24, 2.45) is 29.6 Å². The van der Waals surface area contributed by atoms with Gasteiger partial charge in [0.05, 0.1) is 13.2 Å². The fraction of sp³-hybridized carbons (Fsp3) is 0.591. The molecule has 0 aromatic heterocycles. The van der Waals surface area contributed by atoms with Crippen LogP contribution in [0, 0.1) is 29.6 Å². The first-order chi connectivity index (χ1) is 11.9. The molecule has 0 heterocycles. The minimum atomic E-state index is -0.343. The number of hydrogen-bond donors (Lipinski definition) is 1. The van der Waals surface area contributed by atoms with Crippen LogP contribution >= 0.6 is 0 Å². The van der Waals surface area contributed by atoms with E-state index in [9.17, 15) is 9.90 Å². The zero-order chi connectivity index (χ0) is 18.6. The fourth-order valence-corrected chi connectivity index (χ4v) is 4.72. The Kier molecular flexibility index (Phi) is 6.83. The number of methoxy groups -OCH3 is 1. The minimum absolute atomic E-state index is 0.226. The molecule has 2 aliphatic rings. The molecule has 0 unspecified atom stereocenters. The Balaban J connectivity index is 2.38. The molecule has 2 rings (SSSR count). The zero-order valence-electron chi connectivity index (χ0n) is 16.1. The van der Waals surface area contributed by atoms with Crippen LogP contribution in [0.25, 0.3) is 0 Å². The van der Waals surface area contributed by atoms with Crippen molar-refractivity contribution in [3.8, 4) is 0 Å². The zero-order valence-corrected chi connectivity index (χ0v) is 16.1. The van der Waals surface area contributed by atoms with Gasteiger partial charge < -0.3 is 9.84 Å². The molecule has 0 radical (unpaired) electrons. The van der Waals surface area contributed by atoms with E-state index in [1.807, 2.05) is 6.08 Å². The summed E-state index contributed by atoms with van der Waals surface area (Å²) >= 11 is 0. The van der Waals surface area contributed by atoms with E-state index in [0.717, 1.165) is 12.8 Å². The number of rotatable bonds is 4. The van der Waals surface area contributed by atoms with Gasteiger partial charge >= 0.3 is 5.97 Å². The first-order valence-electron chi connectivity index (χ1n) is 9.32. The number of carbonyl (C=O) groups excluding carboxylic acids is 1. The summed E-state index contributed by atoms with van der Waals surface area (Å²) in [6.07, 6.45) is 13.6. The number of carbonyl (C=O) groups is 1. The second kappa shape index (κ2) is 8.66. The van der Waals surface area contributed by atoms with Crippen LogP contribution in [0.1, 0.15) is 40.5 Å². The van der Waals surface area contributed by atoms with Gasteiger partial charge in [-0.2, -0.15) is 0 Å². The number of hydrogen-bond acceptors (Lipinski definition) is 3. The summed E-state index contributed by atoms with van der Waals surface area (Å²) in [4.78, 5) is 11.3. The normalized spacial score (nSPS) is 36.4. The quantitative estimate of drug-likeness (QED) is 0.355. The van der Waals surface area contributed by atoms with Crippen LogP contribution in [0.5, 0.6) is 0 Å². The van der Waals surface area contributed by atoms with Crippen LogP contribution in [0.3, 0.4) is 0 Å². The predicted octanol–water partition coefficient (Wildman–Crippen LogP) is 4.45. The third kappa shape index (κ3) is 4.33. The lowest BCUT2D eigenvalue weighted by atomic mass is 9.57. The van der Waals surface area contributed by atoms with Gasteiger partial charge in [-0.1, -0.05) is 48.5 Å². The molecule has 3 nitrogen and oxygen atoms in total. The van der Waals surface area contributed by atoms with Gasteiger partial charge in [0.2, 0.25) is 0 Å². The third-order valence-corrected chi connectivity index (χ3v) is 6.06. The first-order valence-corrected chi connectivity index (χ1v) is 9.32. The average Bonchev–Trinajstić information content (AvgIpc) is 2.60. The van der Waals surface area contributed by atoms with E-state index in [2.05, 4.69) is 50.7 Å². The van der Waals surface area contributed by atoms with Crippen molar-refractivity contribution in [1.82, 2.24) is 0 Å². The SMILES string of the molecule is C/C=C(\C)[C@@H]1C(C)=C[C@@H]2[C@H]([C@@H]1/C=C/C=C/C(=O)OC)[C@@H](C)CC[C@@H]2O. The van der Waals surface area contributed by atoms with Gasteiger partial charge in [-0.05, 0) is 51.4 Å². The summed E-state index contributed by atoms with van der Waals surface area (Å²) in [5.41, 5.74) is 2.71. The maximum Gasteiger partial charge on any atom is 0.330 e. The molecule has 2 aliphatic carbocycles. The second-order valence-corrected chi connectivity index (χ2v) is 7.54. The topological polar surface area (TPSA) is 46.5 Å². The smallest absolute Gasteiger partial charge is 0.330 e. The Labute approximate surface area is 152 Å². The summed E-state index contributed by atoms with van der Waals surface area (Å²) in [6.45, 7) is 8.78. The van der Waals surface area contributed by atoms with Gasteiger partial charge in [-0.15, -0.1) is 0 Å². The van der Waals surface area contributed by atoms with E-state index in [1.165, 1.54) is 24.3 Å². The lowest BCUT2D eigenvalue weighted by molar-refractivity contribution is -0.134. The van der Waals surface area contributed by atoms with E-state index in [-0.39, 0.29) is 18.0 Å². The lowest BCUT2D eigenvalue weighted by Crippen LogP contribution is -2.45. The fourth-order valence-electron chi connectivity index (χ4n) is 4.72. The number of esters is 1. The Bertz CT molecular complexity index is 596. The van der Waals surface area contributed by atoms with Crippen LogP contribution in [-0.4, -0.2) is 24.3 Å². The van der Waals surface area contributed by atoms with E-state index in [1.54, 1.807) is 6.08 Å². The molecule has 0 amide bonds. The van der Waals surface area contributed by atoms with E-state index in [0.29, 0.717) is 23.7 Å². The maximum atomic E-state index is 11.3. The second-order valence-electron chi connectivity index (χ2n) is 7.54. The average molecular weight is 344 g/mol. The van der Waals surface area contributed by atoms with Crippen LogP contribution in [0.4, 0.5) is 0 Å². The largest absolute Gasteiger partial charge is 0.466 e. The molecule has 1 N–H and O–H groups in total. The predicted molar refractivity (Wildman–Crippen MR) is 102 cm³/mol. The molecule has 6 atom stereocenters. The summed E-state index contributed by atoms with van der Waals surface area (Å²) in [5, 5.41) is 10.6. The molecule has 0 saturated heterocycles. The van der Waals surface area contributed by atoms with Crippen molar-refractivity contribution >= 4 is 5.97 Å². The van der Waals surface area contributed by atoms with Gasteiger partial charge in [-0.3, -0.25) is 0 Å². The van der Waals surface area contributed by atoms with Crippen molar-refractivity contribution in [3.05, 3.63) is 47.6 Å². The van der Waals surface area contributed by atoms with Crippen molar-refractivity contribution in [3.63, 3.8) is 0 Å². The van der Waals surface area contributed by atoms with Crippen molar-refractivity contribution < 1.29 is 14.6 Å². The van der Waals surface area contributed by atoms with E-state index < -0.39 is 0 Å². The van der Waals surface area contributed by atoms with Crippen LogP contribution in [-0.2, 0) is 9.53 Å². The molecule has 1 saturated carbocycles. The molecule has 25 heavy (non-hydrogen) atoms. The molecular formula is C22H32O3. The van der Waals surface area contributed by atoms with Crippen molar-refractivity contribution in [2.45, 2.75) is 46.6 Å². The maximum absolute atomic E-state index is 11.3. The highest BCUT2D eigenvalue weighted by molar-refractivity contribution is 5.82. The first kappa shape index (κ1) is 19.7. The summed E-state index contributed by atoms with van der Waals surface area (Å²) in [7, 11) is 1.38. The number of allylic oxidation sites excluding steroid dienone is 6. The minimum Gasteiger partial charge on any atom is -0.466 e. The van der Waals surface area contributed by atoms with E-state index >= 15 is 0 Å². The van der Waals surface area contributed by atoms with Crippen molar-refractivity contribution in [2.75, 3.05) is 7.11 Å². The molecule has 1 fully saturated rings. The van der Waals surface area contributed by atoms with Gasteiger partial charge in [-0.25, -0.2) is 4.79 Å². The van der Waals surface area contributed by atoms with Gasteiger partial charge in [0.1, 0.15) is 0 Å². The molecule has 0 aromatic carbocycles. The molecular weight excluding hydrogens is 312 g/mol. The molecule has 0 bridgehead atoms. The standard InChI is InChI=1S/C22H32O3/c1-6-14(2)21-16(4)13-18-19(23)12-11-15(3)22(18)17(21)9-7-8-10-20(24)25-5/h6-10,13,15,17-19,21-23H,11-12H2,1-5H3/b9-7+,10-8+,14-6+/t15-,17+,18-,19-,21+,22-/m0/s1. The summed E-state index contributed by atoms with van der Waals surface area (Å²) in [6, 6.07) is 0. The van der Waals surface area contributed by atoms with Crippen LogP contribution in [0.2, 0.25) is 0 Å². The van der Waals surface area contributed by atoms with Crippen LogP contribution in [0.15, 0.2) is 47.6 Å². The monoisotopic (exact) mass is 344 g/mol. The Hall–Kier alpha value is -1.61. The number of aliphatic hydroxyl groups excluding tert-OH is 1. The highest BCUT2D eigenvalue weighted by atomic mass is 16.5. The number of aliphatic hydroxyl groups is 1. The van der Waals surface area contributed by atoms with E-state index in [4.69, 9.17) is 0 Å². The molecule has 0 aliphatic heterocycles. The Morgan fingerprint density at radius 3 is 2.68 bits per heavy atom. The number of ether oxygens (including phenoxy) is 1. The summed E-state index contributed by atoms with van der Waals surface area (Å²) < 4.78 is 4.64. The number of fused-ring (bicyclic) bond motifs is 1. The molecule has 0 spiro atoms. The van der Waals surface area contributed by atoms with Gasteiger partial charge in [0.25, 0.3) is 0 Å². The van der Waals surface area contributed by atoms with Crippen LogP contribution < -0.4 is 0 Å². The Morgan fingerprint density at radius 1 is 1.32 bits per heavy atom. The highest BCUT2D eigenvalue weighted by Crippen LogP contribution is 2.50.